The molecule has 1 amide bonds. The van der Waals surface area contributed by atoms with Gasteiger partial charge in [-0.2, -0.15) is 4.98 Å². The summed E-state index contributed by atoms with van der Waals surface area (Å²) in [4.78, 5) is 39.6. The molecule has 0 spiro atoms. The van der Waals surface area contributed by atoms with Crippen LogP contribution in [0.5, 0.6) is 0 Å². The summed E-state index contributed by atoms with van der Waals surface area (Å²) in [5, 5.41) is 18.9. The zero-order valence-corrected chi connectivity index (χ0v) is 16.9. The fraction of sp³-hybridized carbons (Fsp3) is 0.476. The monoisotopic (exact) mass is 428 g/mol. The van der Waals surface area contributed by atoms with Crippen LogP contribution in [0.4, 0.5) is 5.69 Å². The molecule has 164 valence electrons. The van der Waals surface area contributed by atoms with Gasteiger partial charge in [0.05, 0.1) is 12.5 Å². The number of hydrogen-bond donors (Lipinski definition) is 2. The second kappa shape index (κ2) is 8.84. The van der Waals surface area contributed by atoms with Crippen LogP contribution in [-0.2, 0) is 20.8 Å². The molecule has 1 saturated carbocycles. The van der Waals surface area contributed by atoms with Crippen LogP contribution in [0.1, 0.15) is 48.4 Å². The van der Waals surface area contributed by atoms with Crippen molar-refractivity contribution in [3.8, 4) is 0 Å². The Morgan fingerprint density at radius 3 is 2.45 bits per heavy atom. The third kappa shape index (κ3) is 4.91. The Bertz CT molecular complexity index is 968. The fourth-order valence-electron chi connectivity index (χ4n) is 3.84. The highest BCUT2D eigenvalue weighted by molar-refractivity contribution is 6.27. The number of carboxylic acids is 2. The molecule has 10 nitrogen and oxygen atoms in total. The molecule has 31 heavy (non-hydrogen) atoms. The SMILES string of the molecule is O=C(CN1CC(c2nc(C3CC3)no2)C1)N1CCCc2ccccc21.O=C(O)C(=O)O. The summed E-state index contributed by atoms with van der Waals surface area (Å²) in [5.74, 6) is -1.04. The van der Waals surface area contributed by atoms with E-state index in [0.717, 1.165) is 49.9 Å². The number of amides is 1. The quantitative estimate of drug-likeness (QED) is 0.694. The van der Waals surface area contributed by atoms with Crippen molar-refractivity contribution in [1.29, 1.82) is 0 Å². The number of carbonyl (C=O) groups excluding carboxylic acids is 1. The Kier molecular flexibility index (Phi) is 5.99. The van der Waals surface area contributed by atoms with Crippen LogP contribution < -0.4 is 4.90 Å². The van der Waals surface area contributed by atoms with Crippen molar-refractivity contribution in [3.05, 3.63) is 41.5 Å². The number of aryl methyl sites for hydroxylation is 1. The van der Waals surface area contributed by atoms with Crippen molar-refractivity contribution < 1.29 is 29.1 Å². The van der Waals surface area contributed by atoms with Crippen LogP contribution in [0.25, 0.3) is 0 Å². The molecule has 0 bridgehead atoms. The number of likely N-dealkylation sites (tertiary alicyclic amines) is 1. The average Bonchev–Trinajstić information content (AvgIpc) is 3.47. The van der Waals surface area contributed by atoms with Gasteiger partial charge in [0, 0.05) is 31.2 Å². The number of carboxylic acid groups (broad SMARTS) is 2. The first-order valence-electron chi connectivity index (χ1n) is 10.3. The lowest BCUT2D eigenvalue weighted by atomic mass is 9.99. The molecule has 2 N–H and O–H groups in total. The lowest BCUT2D eigenvalue weighted by Crippen LogP contribution is -2.51. The largest absolute Gasteiger partial charge is 0.473 e. The van der Waals surface area contributed by atoms with E-state index in [2.05, 4.69) is 27.2 Å². The van der Waals surface area contributed by atoms with Gasteiger partial charge in [-0.25, -0.2) is 9.59 Å². The molecular weight excluding hydrogens is 404 g/mol. The van der Waals surface area contributed by atoms with E-state index in [1.54, 1.807) is 0 Å². The van der Waals surface area contributed by atoms with Gasteiger partial charge in [-0.1, -0.05) is 23.4 Å². The van der Waals surface area contributed by atoms with Crippen LogP contribution in [0.15, 0.2) is 28.8 Å². The zero-order valence-electron chi connectivity index (χ0n) is 16.9. The van der Waals surface area contributed by atoms with Crippen molar-refractivity contribution in [2.45, 2.75) is 37.5 Å². The molecular formula is C21H24N4O6. The molecule has 0 radical (unpaired) electrons. The molecule has 3 aliphatic rings. The number of para-hydroxylation sites is 1. The van der Waals surface area contributed by atoms with Crippen LogP contribution in [0, 0.1) is 0 Å². The second-order valence-corrected chi connectivity index (χ2v) is 8.04. The van der Waals surface area contributed by atoms with E-state index in [9.17, 15) is 4.79 Å². The summed E-state index contributed by atoms with van der Waals surface area (Å²) in [7, 11) is 0. The minimum atomic E-state index is -1.82. The minimum absolute atomic E-state index is 0.190. The van der Waals surface area contributed by atoms with E-state index in [1.165, 1.54) is 18.4 Å². The summed E-state index contributed by atoms with van der Waals surface area (Å²) < 4.78 is 5.40. The van der Waals surface area contributed by atoms with E-state index >= 15 is 0 Å². The van der Waals surface area contributed by atoms with Gasteiger partial charge < -0.3 is 19.6 Å². The van der Waals surface area contributed by atoms with Crippen LogP contribution in [-0.4, -0.2) is 69.3 Å². The van der Waals surface area contributed by atoms with Crippen molar-refractivity contribution in [2.75, 3.05) is 31.1 Å². The highest BCUT2D eigenvalue weighted by Gasteiger charge is 2.36. The standard InChI is InChI=1S/C19H22N4O2.C2H2O4/c24-17(23-9-3-5-13-4-1-2-6-16(13)23)12-22-10-15(11-22)19-20-18(21-25-19)14-7-8-14;3-1(4)2(5)6/h1-2,4,6,14-15H,3,5,7-12H2;(H,3,4)(H,5,6). The number of hydrogen-bond acceptors (Lipinski definition) is 7. The number of anilines is 1. The molecule has 1 aromatic heterocycles. The molecule has 0 unspecified atom stereocenters. The number of aliphatic carboxylic acids is 2. The molecule has 1 aliphatic carbocycles. The molecule has 3 heterocycles. The summed E-state index contributed by atoms with van der Waals surface area (Å²) in [6.07, 6.45) is 4.46. The Morgan fingerprint density at radius 1 is 1.06 bits per heavy atom. The highest BCUT2D eigenvalue weighted by atomic mass is 16.5. The lowest BCUT2D eigenvalue weighted by Gasteiger charge is -2.38. The van der Waals surface area contributed by atoms with Gasteiger partial charge in [0.1, 0.15) is 0 Å². The van der Waals surface area contributed by atoms with Gasteiger partial charge >= 0.3 is 11.9 Å². The first-order valence-corrected chi connectivity index (χ1v) is 10.3. The topological polar surface area (TPSA) is 137 Å². The number of fused-ring (bicyclic) bond motifs is 1. The minimum Gasteiger partial charge on any atom is -0.473 e. The molecule has 5 rings (SSSR count). The maximum Gasteiger partial charge on any atom is 0.414 e. The van der Waals surface area contributed by atoms with Crippen LogP contribution in [0.3, 0.4) is 0 Å². The predicted molar refractivity (Wildman–Crippen MR) is 108 cm³/mol. The number of benzene rings is 1. The van der Waals surface area contributed by atoms with Gasteiger partial charge in [0.15, 0.2) is 5.82 Å². The number of nitrogens with zero attached hydrogens (tertiary/aromatic N) is 4. The van der Waals surface area contributed by atoms with Gasteiger partial charge in [-0.15, -0.1) is 0 Å². The number of aromatic nitrogens is 2. The van der Waals surface area contributed by atoms with Gasteiger partial charge in [0.25, 0.3) is 0 Å². The predicted octanol–water partition coefficient (Wildman–Crippen LogP) is 1.48. The molecule has 0 atom stereocenters. The fourth-order valence-corrected chi connectivity index (χ4v) is 3.84. The Morgan fingerprint density at radius 2 is 1.77 bits per heavy atom. The van der Waals surface area contributed by atoms with Crippen molar-refractivity contribution in [1.82, 2.24) is 15.0 Å². The Labute approximate surface area is 178 Å². The summed E-state index contributed by atoms with van der Waals surface area (Å²) in [5.41, 5.74) is 2.36. The Hall–Kier alpha value is -3.27. The molecule has 2 aliphatic heterocycles. The molecule has 2 aromatic rings. The smallest absolute Gasteiger partial charge is 0.414 e. The van der Waals surface area contributed by atoms with E-state index in [1.807, 2.05) is 17.0 Å². The average molecular weight is 428 g/mol. The summed E-state index contributed by atoms with van der Waals surface area (Å²) in [6, 6.07) is 8.24. The Balaban J connectivity index is 0.000000342. The van der Waals surface area contributed by atoms with Gasteiger partial charge in [-0.3, -0.25) is 9.69 Å². The summed E-state index contributed by atoms with van der Waals surface area (Å²) >= 11 is 0. The lowest BCUT2D eigenvalue weighted by molar-refractivity contribution is -0.159. The maximum absolute atomic E-state index is 12.7. The molecule has 1 saturated heterocycles. The number of rotatable bonds is 4. The normalized spacial score (nSPS) is 18.4. The summed E-state index contributed by atoms with van der Waals surface area (Å²) in [6.45, 7) is 2.94. The van der Waals surface area contributed by atoms with Crippen LogP contribution >= 0.6 is 0 Å². The van der Waals surface area contributed by atoms with Gasteiger partial charge in [0.2, 0.25) is 11.8 Å². The first-order chi connectivity index (χ1) is 14.9. The van der Waals surface area contributed by atoms with E-state index in [4.69, 9.17) is 24.3 Å². The van der Waals surface area contributed by atoms with E-state index < -0.39 is 11.9 Å². The molecule has 10 heteroatoms. The number of carbonyl (C=O) groups is 3. The maximum atomic E-state index is 12.7. The second-order valence-electron chi connectivity index (χ2n) is 8.04. The highest BCUT2D eigenvalue weighted by Crippen LogP contribution is 2.39. The van der Waals surface area contributed by atoms with Crippen molar-refractivity contribution in [2.24, 2.45) is 0 Å². The van der Waals surface area contributed by atoms with E-state index in [0.29, 0.717) is 12.5 Å². The third-order valence-corrected chi connectivity index (χ3v) is 5.66. The molecule has 1 aromatic carbocycles. The van der Waals surface area contributed by atoms with E-state index in [-0.39, 0.29) is 11.8 Å². The van der Waals surface area contributed by atoms with Crippen molar-refractivity contribution in [3.63, 3.8) is 0 Å². The van der Waals surface area contributed by atoms with Crippen molar-refractivity contribution >= 4 is 23.5 Å². The first kappa shape index (κ1) is 21.0. The van der Waals surface area contributed by atoms with Gasteiger partial charge in [-0.05, 0) is 37.3 Å². The third-order valence-electron chi connectivity index (χ3n) is 5.66. The van der Waals surface area contributed by atoms with Crippen LogP contribution in [0.2, 0.25) is 0 Å². The molecule has 2 fully saturated rings. The zero-order chi connectivity index (χ0) is 22.0.